The minimum atomic E-state index is -0.668. The lowest BCUT2D eigenvalue weighted by molar-refractivity contribution is -0.763. The summed E-state index contributed by atoms with van der Waals surface area (Å²) < 4.78 is 9.31. The number of anilines is 1. The fourth-order valence-electron chi connectivity index (χ4n) is 3.78. The van der Waals surface area contributed by atoms with Gasteiger partial charge in [0.1, 0.15) is 5.75 Å². The molecule has 1 aliphatic heterocycles. The average molecular weight is 661 g/mol. The van der Waals surface area contributed by atoms with Crippen molar-refractivity contribution in [3.63, 3.8) is 0 Å². The molecule has 2 aromatic carbocycles. The van der Waals surface area contributed by atoms with Gasteiger partial charge >= 0.3 is 11.3 Å². The van der Waals surface area contributed by atoms with E-state index in [1.54, 1.807) is 16.7 Å². The summed E-state index contributed by atoms with van der Waals surface area (Å²) in [7, 11) is 1.61. The van der Waals surface area contributed by atoms with Crippen LogP contribution in [0.3, 0.4) is 0 Å². The Morgan fingerprint density at radius 3 is 2.74 bits per heavy atom. The van der Waals surface area contributed by atoms with E-state index in [0.29, 0.717) is 27.9 Å². The molecule has 0 aliphatic carbocycles. The summed E-state index contributed by atoms with van der Waals surface area (Å²) in [5.74, 6) is 1.25. The molecule has 0 saturated carbocycles. The first-order valence-electron chi connectivity index (χ1n) is 9.48. The predicted molar refractivity (Wildman–Crippen MR) is 137 cm³/mol. The molecule has 1 amide bonds. The van der Waals surface area contributed by atoms with Gasteiger partial charge in [-0.05, 0) is 79.9 Å². The highest BCUT2D eigenvalue weighted by atomic mass is 127. The predicted octanol–water partition coefficient (Wildman–Crippen LogP) is 3.97. The number of aromatic amines is 1. The highest BCUT2D eigenvalue weighted by Crippen LogP contribution is 2.41. The van der Waals surface area contributed by atoms with E-state index in [2.05, 4.69) is 50.2 Å². The molecule has 0 fully saturated rings. The number of hydrogen-bond donors (Lipinski definition) is 1. The number of fused-ring (bicyclic) bond motifs is 3. The van der Waals surface area contributed by atoms with Crippen LogP contribution in [-0.4, -0.2) is 28.9 Å². The van der Waals surface area contributed by atoms with Crippen molar-refractivity contribution in [2.75, 3.05) is 17.8 Å². The fraction of sp³-hybridized carbons (Fsp3) is 0.238. The molecule has 1 atom stereocenters. The number of carbonyl (C=O) groups is 1. The Labute approximate surface area is 210 Å². The van der Waals surface area contributed by atoms with E-state index in [9.17, 15) is 9.59 Å². The van der Waals surface area contributed by atoms with Gasteiger partial charge in [-0.2, -0.15) is 0 Å². The zero-order valence-corrected chi connectivity index (χ0v) is 22.1. The SMILES string of the molecule is CCSc1n[n+]2c(c(=O)[nH]1)-c1ccccc1N(C(C)=O)[C@H]2c1cc(I)cc(I)c1OC. The lowest BCUT2D eigenvalue weighted by Crippen LogP contribution is -2.60. The lowest BCUT2D eigenvalue weighted by Gasteiger charge is -2.32. The first kappa shape index (κ1) is 22.5. The summed E-state index contributed by atoms with van der Waals surface area (Å²) in [6.45, 7) is 3.52. The number of methoxy groups -OCH3 is 1. The molecule has 0 spiro atoms. The molecular formula is C21H19I2N4O3S+. The van der Waals surface area contributed by atoms with Crippen LogP contribution in [0.15, 0.2) is 46.3 Å². The van der Waals surface area contributed by atoms with Crippen LogP contribution in [0.25, 0.3) is 11.3 Å². The van der Waals surface area contributed by atoms with E-state index in [4.69, 9.17) is 9.84 Å². The summed E-state index contributed by atoms with van der Waals surface area (Å²) in [6.07, 6.45) is -0.668. The Morgan fingerprint density at radius 1 is 1.32 bits per heavy atom. The fourth-order valence-corrected chi connectivity index (χ4v) is 6.48. The maximum absolute atomic E-state index is 13.2. The maximum atomic E-state index is 13.2. The number of halogens is 2. The number of thioether (sulfide) groups is 1. The third-order valence-corrected chi connectivity index (χ3v) is 7.07. The van der Waals surface area contributed by atoms with Crippen LogP contribution in [0.4, 0.5) is 5.69 Å². The van der Waals surface area contributed by atoms with E-state index >= 15 is 0 Å². The van der Waals surface area contributed by atoms with Crippen LogP contribution < -0.4 is 19.9 Å². The standard InChI is InChI=1S/C21H18I2N4O3S/c1-4-31-21-24-19(29)17-13-7-5-6-8-16(13)26(11(2)28)20(27(17)25-21)14-9-12(22)10-15(23)18(14)30-3/h5-10,20H,4H2,1-3H3/p+1/t20-/m1/s1. The summed E-state index contributed by atoms with van der Waals surface area (Å²) in [5.41, 5.74) is 2.26. The second-order valence-corrected chi connectivity index (χ2v) is 10.4. The molecule has 1 aliphatic rings. The van der Waals surface area contributed by atoms with E-state index < -0.39 is 6.17 Å². The van der Waals surface area contributed by atoms with Crippen molar-refractivity contribution in [2.45, 2.75) is 25.2 Å². The van der Waals surface area contributed by atoms with Gasteiger partial charge in [0.25, 0.3) is 6.17 Å². The molecule has 0 radical (unpaired) electrons. The van der Waals surface area contributed by atoms with Crippen LogP contribution in [0.5, 0.6) is 5.75 Å². The van der Waals surface area contributed by atoms with Crippen LogP contribution in [-0.2, 0) is 4.79 Å². The van der Waals surface area contributed by atoms with E-state index in [1.807, 2.05) is 43.3 Å². The Morgan fingerprint density at radius 2 is 2.06 bits per heavy atom. The number of aromatic nitrogens is 3. The number of H-pyrrole nitrogens is 1. The number of carbonyl (C=O) groups excluding carboxylic acids is 1. The third-order valence-electron chi connectivity index (χ3n) is 4.90. The van der Waals surface area contributed by atoms with Crippen LogP contribution in [0, 0.1) is 7.14 Å². The van der Waals surface area contributed by atoms with E-state index in [1.165, 1.54) is 18.7 Å². The topological polar surface area (TPSA) is 79.2 Å². The monoisotopic (exact) mass is 661 g/mol. The van der Waals surface area contributed by atoms with Gasteiger partial charge in [-0.3, -0.25) is 14.6 Å². The third kappa shape index (κ3) is 3.97. The van der Waals surface area contributed by atoms with Crippen molar-refractivity contribution in [3.05, 3.63) is 59.5 Å². The minimum absolute atomic E-state index is 0.154. The molecule has 0 saturated heterocycles. The number of nitrogens with one attached hydrogen (secondary N) is 1. The lowest BCUT2D eigenvalue weighted by atomic mass is 10.0. The molecule has 1 N–H and O–H groups in total. The minimum Gasteiger partial charge on any atom is -0.495 e. The van der Waals surface area contributed by atoms with Crippen molar-refractivity contribution >= 4 is 68.5 Å². The highest BCUT2D eigenvalue weighted by Gasteiger charge is 2.46. The Kier molecular flexibility index (Phi) is 6.58. The molecule has 1 aromatic heterocycles. The summed E-state index contributed by atoms with van der Waals surface area (Å²) in [6, 6.07) is 11.4. The van der Waals surface area contributed by atoms with Crippen molar-refractivity contribution in [3.8, 4) is 17.0 Å². The zero-order valence-electron chi connectivity index (χ0n) is 17.0. The summed E-state index contributed by atoms with van der Waals surface area (Å²) >= 11 is 5.91. The van der Waals surface area contributed by atoms with Gasteiger partial charge in [0.15, 0.2) is 0 Å². The first-order valence-corrected chi connectivity index (χ1v) is 12.6. The average Bonchev–Trinajstić information content (AvgIpc) is 2.72. The van der Waals surface area contributed by atoms with Gasteiger partial charge in [-0.15, -0.1) is 0 Å². The number of amides is 1. The van der Waals surface area contributed by atoms with Gasteiger partial charge in [-0.25, -0.2) is 4.90 Å². The van der Waals surface area contributed by atoms with E-state index in [-0.39, 0.29) is 11.5 Å². The maximum Gasteiger partial charge on any atom is 0.325 e. The zero-order chi connectivity index (χ0) is 22.3. The van der Waals surface area contributed by atoms with Crippen molar-refractivity contribution in [1.82, 2.24) is 10.1 Å². The van der Waals surface area contributed by atoms with Crippen molar-refractivity contribution in [2.24, 2.45) is 0 Å². The number of nitrogens with zero attached hydrogens (tertiary/aromatic N) is 3. The second-order valence-electron chi connectivity index (χ2n) is 6.78. The molecule has 0 bridgehead atoms. The molecule has 10 heteroatoms. The molecule has 7 nitrogen and oxygen atoms in total. The van der Waals surface area contributed by atoms with Crippen LogP contribution in [0.2, 0.25) is 0 Å². The summed E-state index contributed by atoms with van der Waals surface area (Å²) in [5, 5.41) is 5.26. The van der Waals surface area contributed by atoms with Crippen LogP contribution in [0.1, 0.15) is 25.6 Å². The Balaban J connectivity index is 2.13. The second kappa shape index (κ2) is 9.06. The largest absolute Gasteiger partial charge is 0.495 e. The Bertz CT molecular complexity index is 1250. The van der Waals surface area contributed by atoms with Gasteiger partial charge in [0, 0.05) is 15.6 Å². The molecule has 3 aromatic rings. The molecule has 31 heavy (non-hydrogen) atoms. The number of para-hydroxylation sites is 1. The number of ether oxygens (including phenoxy) is 1. The molecule has 4 rings (SSSR count). The molecular weight excluding hydrogens is 642 g/mol. The number of benzene rings is 2. The van der Waals surface area contributed by atoms with Crippen molar-refractivity contribution < 1.29 is 14.2 Å². The van der Waals surface area contributed by atoms with Crippen LogP contribution >= 0.6 is 56.9 Å². The normalized spacial score (nSPS) is 14.7. The summed E-state index contributed by atoms with van der Waals surface area (Å²) in [4.78, 5) is 30.7. The van der Waals surface area contributed by atoms with Crippen molar-refractivity contribution in [1.29, 1.82) is 0 Å². The van der Waals surface area contributed by atoms with E-state index in [0.717, 1.165) is 18.5 Å². The number of rotatable bonds is 4. The first-order chi connectivity index (χ1) is 14.9. The molecule has 160 valence electrons. The Hall–Kier alpha value is -1.67. The van der Waals surface area contributed by atoms with Gasteiger partial charge in [0.05, 0.1) is 27.5 Å². The quantitative estimate of drug-likeness (QED) is 0.261. The van der Waals surface area contributed by atoms with Gasteiger partial charge in [0.2, 0.25) is 11.1 Å². The highest BCUT2D eigenvalue weighted by molar-refractivity contribution is 14.1. The van der Waals surface area contributed by atoms with Gasteiger partial charge in [-0.1, -0.05) is 30.8 Å². The molecule has 0 unspecified atom stereocenters. The number of hydrogen-bond acceptors (Lipinski definition) is 5. The smallest absolute Gasteiger partial charge is 0.325 e. The molecule has 2 heterocycles. The van der Waals surface area contributed by atoms with Gasteiger partial charge < -0.3 is 4.74 Å².